The molecule has 2 heterocycles. The number of ether oxygens (including phenoxy) is 1. The number of carbonyl (C=O) groups is 1. The third-order valence-corrected chi connectivity index (χ3v) is 5.04. The Morgan fingerprint density at radius 3 is 2.81 bits per heavy atom. The zero-order valence-electron chi connectivity index (χ0n) is 15.4. The molecule has 0 unspecified atom stereocenters. The van der Waals surface area contributed by atoms with Crippen molar-refractivity contribution in [2.75, 3.05) is 12.4 Å². The highest BCUT2D eigenvalue weighted by molar-refractivity contribution is 7.13. The molecule has 0 saturated heterocycles. The number of hydrogen-bond donors (Lipinski definition) is 1. The van der Waals surface area contributed by atoms with E-state index < -0.39 is 5.92 Å². The lowest BCUT2D eigenvalue weighted by molar-refractivity contribution is -0.119. The summed E-state index contributed by atoms with van der Waals surface area (Å²) in [4.78, 5) is 25.7. The topological polar surface area (TPSA) is 73.2 Å². The predicted molar refractivity (Wildman–Crippen MR) is 107 cm³/mol. The van der Waals surface area contributed by atoms with Crippen LogP contribution in [0.1, 0.15) is 12.5 Å². The molecule has 1 N–H and O–H groups in total. The Kier molecular flexibility index (Phi) is 5.71. The summed E-state index contributed by atoms with van der Waals surface area (Å²) in [6.45, 7) is 3.90. The summed E-state index contributed by atoms with van der Waals surface area (Å²) in [5, 5.41) is 9.24. The summed E-state index contributed by atoms with van der Waals surface area (Å²) >= 11 is 1.55. The van der Waals surface area contributed by atoms with Gasteiger partial charge < -0.3 is 10.1 Å². The molecule has 1 amide bonds. The Morgan fingerprint density at radius 2 is 2.11 bits per heavy atom. The number of aromatic nitrogens is 2. The van der Waals surface area contributed by atoms with Gasteiger partial charge in [0.2, 0.25) is 5.91 Å². The first kappa shape index (κ1) is 18.8. The molecule has 0 bridgehead atoms. The minimum Gasteiger partial charge on any atom is -0.495 e. The number of anilines is 1. The molecule has 0 aliphatic rings. The van der Waals surface area contributed by atoms with E-state index in [1.165, 1.54) is 10.7 Å². The summed E-state index contributed by atoms with van der Waals surface area (Å²) in [7, 11) is 1.56. The molecule has 3 aromatic rings. The number of amides is 1. The second-order valence-electron chi connectivity index (χ2n) is 6.31. The first-order valence-corrected chi connectivity index (χ1v) is 9.43. The average Bonchev–Trinajstić information content (AvgIpc) is 3.18. The van der Waals surface area contributed by atoms with Crippen molar-refractivity contribution in [2.24, 2.45) is 5.92 Å². The number of hydrogen-bond acceptors (Lipinski definition) is 5. The summed E-state index contributed by atoms with van der Waals surface area (Å²) < 4.78 is 6.63. The zero-order valence-corrected chi connectivity index (χ0v) is 16.2. The molecule has 0 radical (unpaired) electrons. The molecular formula is C20H21N3O3S. The van der Waals surface area contributed by atoms with E-state index in [0.717, 1.165) is 16.1 Å². The van der Waals surface area contributed by atoms with Gasteiger partial charge in [-0.25, -0.2) is 4.68 Å². The maximum atomic E-state index is 12.6. The van der Waals surface area contributed by atoms with Crippen LogP contribution in [0.5, 0.6) is 5.75 Å². The van der Waals surface area contributed by atoms with Crippen LogP contribution in [-0.4, -0.2) is 22.8 Å². The lowest BCUT2D eigenvalue weighted by Crippen LogP contribution is -2.31. The van der Waals surface area contributed by atoms with Crippen molar-refractivity contribution >= 4 is 22.9 Å². The SMILES string of the molecule is COc1ccc(C)cc1NC(=O)[C@@H](C)Cn1nc(-c2cccs2)ccc1=O. The van der Waals surface area contributed by atoms with E-state index in [-0.39, 0.29) is 18.0 Å². The van der Waals surface area contributed by atoms with Gasteiger partial charge in [0, 0.05) is 6.07 Å². The number of thiophene rings is 1. The van der Waals surface area contributed by atoms with Crippen LogP contribution < -0.4 is 15.6 Å². The number of methoxy groups -OCH3 is 1. The number of nitrogens with one attached hydrogen (secondary N) is 1. The van der Waals surface area contributed by atoms with E-state index in [2.05, 4.69) is 10.4 Å². The van der Waals surface area contributed by atoms with Gasteiger partial charge in [0.1, 0.15) is 11.4 Å². The lowest BCUT2D eigenvalue weighted by Gasteiger charge is -2.15. The minimum atomic E-state index is -0.445. The minimum absolute atomic E-state index is 0.192. The summed E-state index contributed by atoms with van der Waals surface area (Å²) in [5.41, 5.74) is 2.11. The zero-order chi connectivity index (χ0) is 19.4. The van der Waals surface area contributed by atoms with Gasteiger partial charge in [-0.2, -0.15) is 5.10 Å². The monoisotopic (exact) mass is 383 g/mol. The molecule has 1 atom stereocenters. The summed E-state index contributed by atoms with van der Waals surface area (Å²) in [6, 6.07) is 12.6. The molecule has 3 rings (SSSR count). The highest BCUT2D eigenvalue weighted by atomic mass is 32.1. The fourth-order valence-corrected chi connectivity index (χ4v) is 3.34. The molecule has 6 nitrogen and oxygen atoms in total. The van der Waals surface area contributed by atoms with Crippen molar-refractivity contribution in [3.63, 3.8) is 0 Å². The van der Waals surface area contributed by atoms with E-state index in [9.17, 15) is 9.59 Å². The lowest BCUT2D eigenvalue weighted by atomic mass is 10.1. The van der Waals surface area contributed by atoms with Crippen molar-refractivity contribution in [1.82, 2.24) is 9.78 Å². The van der Waals surface area contributed by atoms with E-state index in [1.54, 1.807) is 31.4 Å². The van der Waals surface area contributed by atoms with Gasteiger partial charge in [0.15, 0.2) is 0 Å². The van der Waals surface area contributed by atoms with Crippen LogP contribution in [-0.2, 0) is 11.3 Å². The number of aryl methyl sites for hydroxylation is 1. The number of carbonyl (C=O) groups excluding carboxylic acids is 1. The highest BCUT2D eigenvalue weighted by Gasteiger charge is 2.17. The molecular weight excluding hydrogens is 362 g/mol. The molecule has 0 aliphatic carbocycles. The normalized spacial score (nSPS) is 11.8. The molecule has 0 spiro atoms. The molecule has 1 aromatic carbocycles. The molecule has 0 fully saturated rings. The van der Waals surface area contributed by atoms with E-state index in [1.807, 2.05) is 42.6 Å². The van der Waals surface area contributed by atoms with Crippen molar-refractivity contribution < 1.29 is 9.53 Å². The standard InChI is InChI=1S/C20H21N3O3S/c1-13-6-8-17(26-3)16(11-13)21-20(25)14(2)12-23-19(24)9-7-15(22-23)18-5-4-10-27-18/h4-11,14H,12H2,1-3H3,(H,21,25)/t14-/m0/s1. The molecule has 0 saturated carbocycles. The fraction of sp³-hybridized carbons (Fsp3) is 0.250. The van der Waals surface area contributed by atoms with Crippen LogP contribution in [0.4, 0.5) is 5.69 Å². The number of nitrogens with zero attached hydrogens (tertiary/aromatic N) is 2. The summed E-state index contributed by atoms with van der Waals surface area (Å²) in [6.07, 6.45) is 0. The Morgan fingerprint density at radius 1 is 1.30 bits per heavy atom. The Hall–Kier alpha value is -2.93. The number of benzene rings is 1. The third kappa shape index (κ3) is 4.43. The maximum absolute atomic E-state index is 12.6. The molecule has 2 aromatic heterocycles. The van der Waals surface area contributed by atoms with Crippen LogP contribution in [0.25, 0.3) is 10.6 Å². The van der Waals surface area contributed by atoms with E-state index in [4.69, 9.17) is 4.74 Å². The van der Waals surface area contributed by atoms with Crippen molar-refractivity contribution in [2.45, 2.75) is 20.4 Å². The number of rotatable bonds is 6. The van der Waals surface area contributed by atoms with Gasteiger partial charge in [-0.1, -0.05) is 19.1 Å². The van der Waals surface area contributed by atoms with Crippen LogP contribution in [0.15, 0.2) is 52.6 Å². The van der Waals surface area contributed by atoms with Crippen molar-refractivity contribution in [3.05, 3.63) is 63.8 Å². The van der Waals surface area contributed by atoms with E-state index >= 15 is 0 Å². The van der Waals surface area contributed by atoms with Crippen LogP contribution in [0, 0.1) is 12.8 Å². The van der Waals surface area contributed by atoms with Gasteiger partial charge in [0.05, 0.1) is 30.1 Å². The molecule has 140 valence electrons. The molecule has 0 aliphatic heterocycles. The van der Waals surface area contributed by atoms with E-state index in [0.29, 0.717) is 11.4 Å². The van der Waals surface area contributed by atoms with Gasteiger partial charge >= 0.3 is 0 Å². The van der Waals surface area contributed by atoms with Gasteiger partial charge in [-0.15, -0.1) is 11.3 Å². The Labute approximate surface area is 161 Å². The Balaban J connectivity index is 1.76. The third-order valence-electron chi connectivity index (χ3n) is 4.15. The van der Waals surface area contributed by atoms with Gasteiger partial charge in [-0.3, -0.25) is 9.59 Å². The van der Waals surface area contributed by atoms with Crippen molar-refractivity contribution in [3.8, 4) is 16.3 Å². The van der Waals surface area contributed by atoms with Gasteiger partial charge in [-0.05, 0) is 42.1 Å². The largest absolute Gasteiger partial charge is 0.495 e. The highest BCUT2D eigenvalue weighted by Crippen LogP contribution is 2.26. The van der Waals surface area contributed by atoms with Crippen LogP contribution in [0.3, 0.4) is 0 Å². The first-order valence-electron chi connectivity index (χ1n) is 8.55. The van der Waals surface area contributed by atoms with Gasteiger partial charge in [0.25, 0.3) is 5.56 Å². The summed E-state index contributed by atoms with van der Waals surface area (Å²) in [5.74, 6) is -0.0516. The van der Waals surface area contributed by atoms with Crippen LogP contribution in [0.2, 0.25) is 0 Å². The maximum Gasteiger partial charge on any atom is 0.266 e. The quantitative estimate of drug-likeness (QED) is 0.706. The predicted octanol–water partition coefficient (Wildman–Crippen LogP) is 3.56. The molecule has 27 heavy (non-hydrogen) atoms. The Bertz CT molecular complexity index is 996. The van der Waals surface area contributed by atoms with Crippen LogP contribution >= 0.6 is 11.3 Å². The second kappa shape index (κ2) is 8.18. The molecule has 7 heteroatoms. The fourth-order valence-electron chi connectivity index (χ4n) is 2.65. The average molecular weight is 383 g/mol. The first-order chi connectivity index (χ1) is 13.0. The van der Waals surface area contributed by atoms with Crippen molar-refractivity contribution in [1.29, 1.82) is 0 Å². The smallest absolute Gasteiger partial charge is 0.266 e. The second-order valence-corrected chi connectivity index (χ2v) is 7.26.